The van der Waals surface area contributed by atoms with Gasteiger partial charge >= 0.3 is 0 Å². The molecule has 21 heavy (non-hydrogen) atoms. The van der Waals surface area contributed by atoms with E-state index in [2.05, 4.69) is 23.0 Å². The molecule has 2 fully saturated rings. The average molecular weight is 288 g/mol. The molecular weight excluding hydrogens is 264 g/mol. The molecule has 2 saturated heterocycles. The number of nitrogens with zero attached hydrogens (tertiary/aromatic N) is 1. The molecule has 4 N–H and O–H groups in total. The van der Waals surface area contributed by atoms with Crippen LogP contribution in [0.5, 0.6) is 0 Å². The van der Waals surface area contributed by atoms with Crippen LogP contribution in [0.2, 0.25) is 0 Å². The van der Waals surface area contributed by atoms with Gasteiger partial charge in [-0.3, -0.25) is 10.2 Å². The third kappa shape index (κ3) is 3.10. The highest BCUT2D eigenvalue weighted by molar-refractivity contribution is 5.80. The normalized spacial score (nSPS) is 27.0. The van der Waals surface area contributed by atoms with E-state index in [0.717, 1.165) is 38.0 Å². The van der Waals surface area contributed by atoms with Crippen LogP contribution < -0.4 is 16.6 Å². The molecular formula is C16H24N4O. The summed E-state index contributed by atoms with van der Waals surface area (Å²) in [6.45, 7) is 3.12. The van der Waals surface area contributed by atoms with Crippen LogP contribution in [0.3, 0.4) is 0 Å². The zero-order chi connectivity index (χ0) is 14.7. The lowest BCUT2D eigenvalue weighted by molar-refractivity contribution is -0.136. The van der Waals surface area contributed by atoms with Gasteiger partial charge < -0.3 is 10.6 Å². The Hall–Kier alpha value is -1.43. The smallest absolute Gasteiger partial charge is 0.229 e. The van der Waals surface area contributed by atoms with Gasteiger partial charge in [0, 0.05) is 19.6 Å². The van der Waals surface area contributed by atoms with Crippen LogP contribution in [0.25, 0.3) is 0 Å². The van der Waals surface area contributed by atoms with Crippen molar-refractivity contribution in [3.63, 3.8) is 0 Å². The summed E-state index contributed by atoms with van der Waals surface area (Å²) >= 11 is 0. The molecule has 0 bridgehead atoms. The van der Waals surface area contributed by atoms with Crippen LogP contribution in [0.4, 0.5) is 0 Å². The first-order valence-electron chi connectivity index (χ1n) is 7.82. The monoisotopic (exact) mass is 288 g/mol. The summed E-state index contributed by atoms with van der Waals surface area (Å²) in [6, 6.07) is 10.2. The van der Waals surface area contributed by atoms with E-state index in [1.54, 1.807) is 0 Å². The van der Waals surface area contributed by atoms with Gasteiger partial charge in [-0.15, -0.1) is 0 Å². The van der Waals surface area contributed by atoms with Crippen molar-refractivity contribution in [3.8, 4) is 0 Å². The second-order valence-corrected chi connectivity index (χ2v) is 6.02. The van der Waals surface area contributed by atoms with Gasteiger partial charge in [0.2, 0.25) is 5.91 Å². The minimum Gasteiger partial charge on any atom is -0.342 e. The number of hydrogen-bond acceptors (Lipinski definition) is 4. The van der Waals surface area contributed by atoms with Gasteiger partial charge in [-0.2, -0.15) is 0 Å². The number of hydrogen-bond donors (Lipinski definition) is 3. The molecule has 5 nitrogen and oxygen atoms in total. The number of nitrogens with one attached hydrogen (secondary N) is 2. The summed E-state index contributed by atoms with van der Waals surface area (Å²) in [5.74, 6) is 0.817. The van der Waals surface area contributed by atoms with Gasteiger partial charge in [0.25, 0.3) is 0 Å². The molecule has 2 atom stereocenters. The number of piperidine rings is 1. The van der Waals surface area contributed by atoms with Crippen molar-refractivity contribution in [3.05, 3.63) is 35.9 Å². The first kappa shape index (κ1) is 14.5. The summed E-state index contributed by atoms with van der Waals surface area (Å²) in [5.41, 5.74) is 13.3. The number of likely N-dealkylation sites (tertiary alicyclic amines) is 1. The van der Waals surface area contributed by atoms with Crippen LogP contribution in [0.15, 0.2) is 30.3 Å². The van der Waals surface area contributed by atoms with E-state index in [9.17, 15) is 4.79 Å². The summed E-state index contributed by atoms with van der Waals surface area (Å²) in [6.07, 6.45) is 2.07. The minimum atomic E-state index is -0.0261. The molecule has 1 aromatic carbocycles. The fourth-order valence-electron chi connectivity index (χ4n) is 3.33. The van der Waals surface area contributed by atoms with Crippen LogP contribution in [-0.4, -0.2) is 37.0 Å². The maximum atomic E-state index is 12.8. The van der Waals surface area contributed by atoms with E-state index in [4.69, 9.17) is 5.73 Å². The Kier molecular flexibility index (Phi) is 4.53. The van der Waals surface area contributed by atoms with Crippen molar-refractivity contribution in [1.29, 1.82) is 0 Å². The molecule has 1 amide bonds. The predicted octanol–water partition coefficient (Wildman–Crippen LogP) is 0.649. The standard InChI is InChI=1S/C16H24N4O/c17-10-12-6-8-20(9-7-12)16(21)14-11-18-19-15(14)13-4-2-1-3-5-13/h1-5,12,14-15,18-19H,6-11,17H2. The Labute approximate surface area is 125 Å². The molecule has 0 aliphatic carbocycles. The maximum absolute atomic E-state index is 12.8. The summed E-state index contributed by atoms with van der Waals surface area (Å²) < 4.78 is 0. The predicted molar refractivity (Wildman–Crippen MR) is 82.2 cm³/mol. The molecule has 114 valence electrons. The number of amides is 1. The topological polar surface area (TPSA) is 70.4 Å². The lowest BCUT2D eigenvalue weighted by atomic mass is 9.91. The van der Waals surface area contributed by atoms with Crippen molar-refractivity contribution in [2.75, 3.05) is 26.2 Å². The lowest BCUT2D eigenvalue weighted by Gasteiger charge is -2.34. The van der Waals surface area contributed by atoms with Gasteiger partial charge in [0.1, 0.15) is 0 Å². The molecule has 2 unspecified atom stereocenters. The Balaban J connectivity index is 1.67. The van der Waals surface area contributed by atoms with E-state index in [-0.39, 0.29) is 17.9 Å². The third-order valence-corrected chi connectivity index (χ3v) is 4.72. The molecule has 3 rings (SSSR count). The average Bonchev–Trinajstić information content (AvgIpc) is 3.04. The van der Waals surface area contributed by atoms with Gasteiger partial charge in [-0.25, -0.2) is 5.43 Å². The van der Waals surface area contributed by atoms with E-state index < -0.39 is 0 Å². The van der Waals surface area contributed by atoms with Gasteiger partial charge in [0.15, 0.2) is 0 Å². The van der Waals surface area contributed by atoms with Gasteiger partial charge in [0.05, 0.1) is 12.0 Å². The Morgan fingerprint density at radius 1 is 1.24 bits per heavy atom. The van der Waals surface area contributed by atoms with Crippen molar-refractivity contribution in [2.24, 2.45) is 17.6 Å². The van der Waals surface area contributed by atoms with Crippen molar-refractivity contribution >= 4 is 5.91 Å². The molecule has 2 heterocycles. The number of rotatable bonds is 3. The van der Waals surface area contributed by atoms with Crippen LogP contribution >= 0.6 is 0 Å². The second-order valence-electron chi connectivity index (χ2n) is 6.02. The number of nitrogens with two attached hydrogens (primary N) is 1. The fraction of sp³-hybridized carbons (Fsp3) is 0.562. The maximum Gasteiger partial charge on any atom is 0.229 e. The second kappa shape index (κ2) is 6.56. The van der Waals surface area contributed by atoms with Gasteiger partial charge in [-0.1, -0.05) is 30.3 Å². The van der Waals surface area contributed by atoms with Crippen molar-refractivity contribution in [2.45, 2.75) is 18.9 Å². The molecule has 0 saturated carbocycles. The molecule has 2 aliphatic rings. The molecule has 1 aromatic rings. The van der Waals surface area contributed by atoms with Crippen LogP contribution in [0.1, 0.15) is 24.4 Å². The molecule has 5 heteroatoms. The quantitative estimate of drug-likeness (QED) is 0.764. The minimum absolute atomic E-state index is 0.0261. The van der Waals surface area contributed by atoms with E-state index >= 15 is 0 Å². The number of benzene rings is 1. The molecule has 0 spiro atoms. The Morgan fingerprint density at radius 3 is 2.62 bits per heavy atom. The Morgan fingerprint density at radius 2 is 1.95 bits per heavy atom. The van der Waals surface area contributed by atoms with Crippen LogP contribution in [-0.2, 0) is 4.79 Å². The molecule has 2 aliphatic heterocycles. The third-order valence-electron chi connectivity index (χ3n) is 4.72. The SMILES string of the molecule is NCC1CCN(C(=O)C2CNNC2c2ccccc2)CC1. The van der Waals surface area contributed by atoms with E-state index in [1.165, 1.54) is 0 Å². The summed E-state index contributed by atoms with van der Waals surface area (Å²) in [5, 5.41) is 0. The highest BCUT2D eigenvalue weighted by Crippen LogP contribution is 2.28. The number of carbonyl (C=O) groups excluding carboxylic acids is 1. The summed E-state index contributed by atoms with van der Waals surface area (Å²) in [4.78, 5) is 14.8. The zero-order valence-electron chi connectivity index (χ0n) is 12.3. The van der Waals surface area contributed by atoms with Gasteiger partial charge in [-0.05, 0) is 30.9 Å². The first-order chi connectivity index (χ1) is 10.3. The Bertz CT molecular complexity index is 470. The van der Waals surface area contributed by atoms with Crippen LogP contribution in [0, 0.1) is 11.8 Å². The zero-order valence-corrected chi connectivity index (χ0v) is 12.3. The molecule has 0 aromatic heterocycles. The molecule has 0 radical (unpaired) electrons. The highest BCUT2D eigenvalue weighted by Gasteiger charge is 2.37. The van der Waals surface area contributed by atoms with E-state index in [0.29, 0.717) is 12.5 Å². The summed E-state index contributed by atoms with van der Waals surface area (Å²) in [7, 11) is 0. The lowest BCUT2D eigenvalue weighted by Crippen LogP contribution is -2.44. The number of hydrazine groups is 1. The first-order valence-corrected chi connectivity index (χ1v) is 7.82. The largest absolute Gasteiger partial charge is 0.342 e. The fourth-order valence-corrected chi connectivity index (χ4v) is 3.33. The van der Waals surface area contributed by atoms with Crippen molar-refractivity contribution < 1.29 is 4.79 Å². The highest BCUT2D eigenvalue weighted by atomic mass is 16.2. The van der Waals surface area contributed by atoms with Crippen molar-refractivity contribution in [1.82, 2.24) is 15.8 Å². The number of carbonyl (C=O) groups is 1. The van der Waals surface area contributed by atoms with E-state index in [1.807, 2.05) is 23.1 Å².